The molecular weight excluding hydrogens is 396 g/mol. The number of nitriles is 1. The molecule has 0 unspecified atom stereocenters. The van der Waals surface area contributed by atoms with Crippen LogP contribution in [0.25, 0.3) is 11.8 Å². The molecule has 0 radical (unpaired) electrons. The molecule has 0 N–H and O–H groups in total. The Hall–Kier alpha value is -3.93. The standard InChI is InChI=1S/C22H24N6O3/c1-5-10-27-21(24-25-26-27)14-31-22(29)18(13-23)12-17-11-15(2)28(16(17)3)19-6-8-20(30-4)9-7-19/h6-9,11-12H,5,10,14H2,1-4H3/b18-12+. The van der Waals surface area contributed by atoms with Crippen molar-refractivity contribution in [3.8, 4) is 17.5 Å². The number of nitrogens with zero attached hydrogens (tertiary/aromatic N) is 6. The fourth-order valence-electron chi connectivity index (χ4n) is 3.27. The zero-order valence-electron chi connectivity index (χ0n) is 18.0. The average molecular weight is 420 g/mol. The molecule has 9 heteroatoms. The molecule has 9 nitrogen and oxygen atoms in total. The van der Waals surface area contributed by atoms with Crippen molar-refractivity contribution in [1.29, 1.82) is 5.26 Å². The van der Waals surface area contributed by atoms with E-state index in [1.54, 1.807) is 17.9 Å². The Morgan fingerprint density at radius 3 is 2.65 bits per heavy atom. The first-order valence-corrected chi connectivity index (χ1v) is 9.85. The van der Waals surface area contributed by atoms with Crippen LogP contribution in [-0.4, -0.2) is 37.9 Å². The number of carbonyl (C=O) groups is 1. The highest BCUT2D eigenvalue weighted by atomic mass is 16.5. The van der Waals surface area contributed by atoms with Crippen LogP contribution in [0.3, 0.4) is 0 Å². The van der Waals surface area contributed by atoms with Gasteiger partial charge in [-0.2, -0.15) is 5.26 Å². The van der Waals surface area contributed by atoms with E-state index in [4.69, 9.17) is 9.47 Å². The first kappa shape index (κ1) is 21.8. The van der Waals surface area contributed by atoms with Crippen molar-refractivity contribution in [2.45, 2.75) is 40.3 Å². The molecule has 0 aliphatic rings. The molecule has 2 heterocycles. The fraction of sp³-hybridized carbons (Fsp3) is 0.318. The van der Waals surface area contributed by atoms with E-state index in [1.165, 1.54) is 0 Å². The lowest BCUT2D eigenvalue weighted by molar-refractivity contribution is -0.140. The van der Waals surface area contributed by atoms with Crippen LogP contribution < -0.4 is 4.74 Å². The van der Waals surface area contributed by atoms with Gasteiger partial charge in [0.1, 0.15) is 17.4 Å². The Kier molecular flexibility index (Phi) is 6.82. The van der Waals surface area contributed by atoms with Crippen molar-refractivity contribution >= 4 is 12.0 Å². The van der Waals surface area contributed by atoms with Crippen molar-refractivity contribution in [3.63, 3.8) is 0 Å². The molecule has 0 saturated heterocycles. The predicted molar refractivity (Wildman–Crippen MR) is 113 cm³/mol. The number of benzene rings is 1. The van der Waals surface area contributed by atoms with Gasteiger partial charge in [0, 0.05) is 23.6 Å². The van der Waals surface area contributed by atoms with Crippen LogP contribution >= 0.6 is 0 Å². The van der Waals surface area contributed by atoms with E-state index < -0.39 is 5.97 Å². The second-order valence-corrected chi connectivity index (χ2v) is 6.92. The van der Waals surface area contributed by atoms with E-state index in [0.29, 0.717) is 12.4 Å². The fourth-order valence-corrected chi connectivity index (χ4v) is 3.27. The minimum absolute atomic E-state index is 0.0931. The summed E-state index contributed by atoms with van der Waals surface area (Å²) in [5.41, 5.74) is 3.50. The minimum Gasteiger partial charge on any atom is -0.497 e. The lowest BCUT2D eigenvalue weighted by atomic mass is 10.1. The zero-order valence-corrected chi connectivity index (χ0v) is 18.0. The number of rotatable bonds is 8. The number of hydrogen-bond acceptors (Lipinski definition) is 7. The number of ether oxygens (including phenoxy) is 2. The summed E-state index contributed by atoms with van der Waals surface area (Å²) < 4.78 is 14.1. The quantitative estimate of drug-likeness (QED) is 0.313. The Morgan fingerprint density at radius 2 is 2.00 bits per heavy atom. The summed E-state index contributed by atoms with van der Waals surface area (Å²) in [5, 5.41) is 20.8. The van der Waals surface area contributed by atoms with Crippen LogP contribution in [0.15, 0.2) is 35.9 Å². The maximum atomic E-state index is 12.5. The SMILES string of the molecule is CCCn1nnnc1COC(=O)/C(C#N)=C/c1cc(C)n(-c2ccc(OC)cc2)c1C. The lowest BCUT2D eigenvalue weighted by Crippen LogP contribution is -2.12. The van der Waals surface area contributed by atoms with E-state index in [1.807, 2.05) is 61.7 Å². The summed E-state index contributed by atoms with van der Waals surface area (Å²) in [6, 6.07) is 11.5. The number of aromatic nitrogens is 5. The molecule has 0 amide bonds. The van der Waals surface area contributed by atoms with Gasteiger partial charge >= 0.3 is 5.97 Å². The molecule has 1 aromatic carbocycles. The molecule has 0 atom stereocenters. The summed E-state index contributed by atoms with van der Waals surface area (Å²) in [6.07, 6.45) is 2.39. The second kappa shape index (κ2) is 9.71. The van der Waals surface area contributed by atoms with Gasteiger partial charge in [0.2, 0.25) is 0 Å². The molecule has 0 bridgehead atoms. The van der Waals surface area contributed by atoms with Crippen LogP contribution in [-0.2, 0) is 22.7 Å². The third-order valence-electron chi connectivity index (χ3n) is 4.81. The number of hydrogen-bond donors (Lipinski definition) is 0. The number of aryl methyl sites for hydroxylation is 2. The molecule has 160 valence electrons. The van der Waals surface area contributed by atoms with Gasteiger partial charge in [0.15, 0.2) is 12.4 Å². The van der Waals surface area contributed by atoms with Gasteiger partial charge in [-0.25, -0.2) is 9.48 Å². The van der Waals surface area contributed by atoms with Gasteiger partial charge in [0.05, 0.1) is 7.11 Å². The Bertz CT molecular complexity index is 1140. The van der Waals surface area contributed by atoms with Crippen LogP contribution in [0.5, 0.6) is 5.75 Å². The van der Waals surface area contributed by atoms with Gasteiger partial charge in [-0.3, -0.25) is 0 Å². The van der Waals surface area contributed by atoms with Gasteiger partial charge in [-0.05, 0) is 72.7 Å². The van der Waals surface area contributed by atoms with Crippen molar-refractivity contribution in [2.75, 3.05) is 7.11 Å². The Balaban J connectivity index is 1.81. The smallest absolute Gasteiger partial charge is 0.349 e. The van der Waals surface area contributed by atoms with E-state index >= 15 is 0 Å². The van der Waals surface area contributed by atoms with Crippen LogP contribution in [0, 0.1) is 25.2 Å². The third kappa shape index (κ3) is 4.80. The van der Waals surface area contributed by atoms with E-state index in [-0.39, 0.29) is 12.2 Å². The molecule has 0 aliphatic carbocycles. The number of esters is 1. The van der Waals surface area contributed by atoms with Crippen molar-refractivity contribution in [1.82, 2.24) is 24.8 Å². The number of methoxy groups -OCH3 is 1. The Morgan fingerprint density at radius 1 is 1.26 bits per heavy atom. The largest absolute Gasteiger partial charge is 0.497 e. The van der Waals surface area contributed by atoms with Gasteiger partial charge in [-0.1, -0.05) is 6.92 Å². The van der Waals surface area contributed by atoms with E-state index in [0.717, 1.165) is 34.8 Å². The molecule has 2 aromatic heterocycles. The van der Waals surface area contributed by atoms with Crippen molar-refractivity contribution < 1.29 is 14.3 Å². The molecule has 31 heavy (non-hydrogen) atoms. The third-order valence-corrected chi connectivity index (χ3v) is 4.81. The first-order chi connectivity index (χ1) is 15.0. The molecule has 0 spiro atoms. The van der Waals surface area contributed by atoms with Gasteiger partial charge in [0.25, 0.3) is 0 Å². The van der Waals surface area contributed by atoms with Gasteiger partial charge in [-0.15, -0.1) is 5.10 Å². The van der Waals surface area contributed by atoms with Crippen LogP contribution in [0.1, 0.15) is 36.1 Å². The molecule has 0 saturated carbocycles. The first-order valence-electron chi connectivity index (χ1n) is 9.85. The summed E-state index contributed by atoms with van der Waals surface area (Å²) in [6.45, 7) is 6.42. The molecular formula is C22H24N6O3. The molecule has 0 aliphatic heterocycles. The lowest BCUT2D eigenvalue weighted by Gasteiger charge is -2.10. The molecule has 3 rings (SSSR count). The van der Waals surface area contributed by atoms with Crippen LogP contribution in [0.2, 0.25) is 0 Å². The maximum absolute atomic E-state index is 12.5. The number of carbonyl (C=O) groups excluding carboxylic acids is 1. The highest BCUT2D eigenvalue weighted by Crippen LogP contribution is 2.24. The average Bonchev–Trinajstić information content (AvgIpc) is 3.33. The van der Waals surface area contributed by atoms with E-state index in [9.17, 15) is 10.1 Å². The highest BCUT2D eigenvalue weighted by Gasteiger charge is 2.16. The Labute approximate surface area is 180 Å². The highest BCUT2D eigenvalue weighted by molar-refractivity contribution is 5.98. The normalized spacial score (nSPS) is 11.3. The topological polar surface area (TPSA) is 108 Å². The summed E-state index contributed by atoms with van der Waals surface area (Å²) in [5.74, 6) is 0.485. The molecule has 0 fully saturated rings. The maximum Gasteiger partial charge on any atom is 0.349 e. The van der Waals surface area contributed by atoms with Crippen LogP contribution in [0.4, 0.5) is 0 Å². The van der Waals surface area contributed by atoms with E-state index in [2.05, 4.69) is 15.5 Å². The van der Waals surface area contributed by atoms with Crippen molar-refractivity contribution in [3.05, 3.63) is 58.7 Å². The van der Waals surface area contributed by atoms with Crippen molar-refractivity contribution in [2.24, 2.45) is 0 Å². The van der Waals surface area contributed by atoms with Gasteiger partial charge < -0.3 is 14.0 Å². The predicted octanol–water partition coefficient (Wildman–Crippen LogP) is 3.15. The monoisotopic (exact) mass is 420 g/mol. The molecule has 3 aromatic rings. The minimum atomic E-state index is -0.720. The summed E-state index contributed by atoms with van der Waals surface area (Å²) in [4.78, 5) is 12.5. The number of tetrazole rings is 1. The second-order valence-electron chi connectivity index (χ2n) is 6.92. The summed E-state index contributed by atoms with van der Waals surface area (Å²) >= 11 is 0. The zero-order chi connectivity index (χ0) is 22.4. The summed E-state index contributed by atoms with van der Waals surface area (Å²) in [7, 11) is 1.62.